The van der Waals surface area contributed by atoms with Crippen LogP contribution in [-0.4, -0.2) is 34.3 Å². The standard InChI is InChI=1S/C13H17NO2S/c15-12(10-4-2-1-3-5-10)6-7-14-9-11(17)8-13(14)16/h1-5,11-12,15,17H,6-9H2. The summed E-state index contributed by atoms with van der Waals surface area (Å²) in [6.07, 6.45) is 0.601. The van der Waals surface area contributed by atoms with Crippen molar-refractivity contribution >= 4 is 18.5 Å². The molecular weight excluding hydrogens is 234 g/mol. The smallest absolute Gasteiger partial charge is 0.223 e. The highest BCUT2D eigenvalue weighted by atomic mass is 32.1. The summed E-state index contributed by atoms with van der Waals surface area (Å²) in [6.45, 7) is 1.30. The lowest BCUT2D eigenvalue weighted by Gasteiger charge is -2.18. The monoisotopic (exact) mass is 251 g/mol. The zero-order valence-electron chi connectivity index (χ0n) is 9.62. The number of hydrogen-bond acceptors (Lipinski definition) is 3. The lowest BCUT2D eigenvalue weighted by atomic mass is 10.1. The molecule has 2 atom stereocenters. The highest BCUT2D eigenvalue weighted by Gasteiger charge is 2.27. The molecule has 0 aliphatic carbocycles. The first-order valence-electron chi connectivity index (χ1n) is 5.85. The van der Waals surface area contributed by atoms with Crippen molar-refractivity contribution in [2.45, 2.75) is 24.2 Å². The summed E-state index contributed by atoms with van der Waals surface area (Å²) in [7, 11) is 0. The maximum absolute atomic E-state index is 11.5. The molecule has 1 aromatic carbocycles. The second kappa shape index (κ2) is 5.56. The van der Waals surface area contributed by atoms with E-state index in [1.165, 1.54) is 0 Å². The molecular formula is C13H17NO2S. The molecule has 2 rings (SSSR count). The molecule has 4 heteroatoms. The average molecular weight is 251 g/mol. The molecule has 3 nitrogen and oxygen atoms in total. The summed E-state index contributed by atoms with van der Waals surface area (Å²) >= 11 is 4.30. The van der Waals surface area contributed by atoms with Gasteiger partial charge in [-0.05, 0) is 12.0 Å². The van der Waals surface area contributed by atoms with Crippen LogP contribution in [0.25, 0.3) is 0 Å². The molecule has 1 aromatic rings. The van der Waals surface area contributed by atoms with E-state index in [0.717, 1.165) is 5.56 Å². The molecule has 0 spiro atoms. The van der Waals surface area contributed by atoms with Gasteiger partial charge in [0.2, 0.25) is 5.91 Å². The molecule has 0 saturated carbocycles. The molecule has 0 radical (unpaired) electrons. The van der Waals surface area contributed by atoms with Crippen LogP contribution >= 0.6 is 12.6 Å². The number of benzene rings is 1. The number of rotatable bonds is 4. The Morgan fingerprint density at radius 1 is 1.41 bits per heavy atom. The Labute approximate surface area is 107 Å². The van der Waals surface area contributed by atoms with E-state index >= 15 is 0 Å². The summed E-state index contributed by atoms with van der Waals surface area (Å²) in [6, 6.07) is 9.54. The lowest BCUT2D eigenvalue weighted by molar-refractivity contribution is -0.127. The molecule has 17 heavy (non-hydrogen) atoms. The summed E-state index contributed by atoms with van der Waals surface area (Å²) in [5.41, 5.74) is 0.904. The summed E-state index contributed by atoms with van der Waals surface area (Å²) < 4.78 is 0. The predicted octanol–water partition coefficient (Wildman–Crippen LogP) is 1.64. The van der Waals surface area contributed by atoms with Crippen molar-refractivity contribution < 1.29 is 9.90 Å². The number of carbonyl (C=O) groups excluding carboxylic acids is 1. The second-order valence-electron chi connectivity index (χ2n) is 4.41. The highest BCUT2D eigenvalue weighted by Crippen LogP contribution is 2.20. The third-order valence-electron chi connectivity index (χ3n) is 3.05. The third-order valence-corrected chi connectivity index (χ3v) is 3.40. The van der Waals surface area contributed by atoms with Gasteiger partial charge >= 0.3 is 0 Å². The summed E-state index contributed by atoms with van der Waals surface area (Å²) in [5.74, 6) is 0.144. The van der Waals surface area contributed by atoms with Crippen molar-refractivity contribution in [2.75, 3.05) is 13.1 Å². The number of amides is 1. The highest BCUT2D eigenvalue weighted by molar-refractivity contribution is 7.81. The van der Waals surface area contributed by atoms with Gasteiger partial charge in [-0.2, -0.15) is 12.6 Å². The molecule has 1 N–H and O–H groups in total. The minimum atomic E-state index is -0.497. The SMILES string of the molecule is O=C1CC(S)CN1CCC(O)c1ccccc1. The van der Waals surface area contributed by atoms with Crippen molar-refractivity contribution in [3.8, 4) is 0 Å². The second-order valence-corrected chi connectivity index (χ2v) is 5.14. The van der Waals surface area contributed by atoms with Crippen LogP contribution in [0.4, 0.5) is 0 Å². The molecule has 0 bridgehead atoms. The molecule has 1 aliphatic heterocycles. The van der Waals surface area contributed by atoms with Gasteiger partial charge in [-0.25, -0.2) is 0 Å². The predicted molar refractivity (Wildman–Crippen MR) is 70.0 cm³/mol. The van der Waals surface area contributed by atoms with Crippen molar-refractivity contribution in [1.29, 1.82) is 0 Å². The van der Waals surface area contributed by atoms with Gasteiger partial charge in [0.1, 0.15) is 0 Å². The Hall–Kier alpha value is -1.00. The largest absolute Gasteiger partial charge is 0.388 e. The topological polar surface area (TPSA) is 40.5 Å². The molecule has 2 unspecified atom stereocenters. The number of carbonyl (C=O) groups is 1. The molecule has 1 aliphatic rings. The van der Waals surface area contributed by atoms with Gasteiger partial charge < -0.3 is 10.0 Å². The Bertz CT molecular complexity index is 382. The molecule has 1 saturated heterocycles. The van der Waals surface area contributed by atoms with Crippen LogP contribution in [0.15, 0.2) is 30.3 Å². The number of thiol groups is 1. The fourth-order valence-electron chi connectivity index (χ4n) is 2.09. The first kappa shape index (κ1) is 12.5. The van der Waals surface area contributed by atoms with Gasteiger partial charge in [0.15, 0.2) is 0 Å². The summed E-state index contributed by atoms with van der Waals surface area (Å²) in [5, 5.41) is 10.1. The molecule has 1 amide bonds. The Balaban J connectivity index is 1.84. The molecule has 0 aromatic heterocycles. The van der Waals surface area contributed by atoms with Gasteiger partial charge in [-0.3, -0.25) is 4.79 Å². The van der Waals surface area contributed by atoms with Gasteiger partial charge in [-0.15, -0.1) is 0 Å². The number of nitrogens with zero attached hydrogens (tertiary/aromatic N) is 1. The minimum Gasteiger partial charge on any atom is -0.388 e. The number of hydrogen-bond donors (Lipinski definition) is 2. The molecule has 1 fully saturated rings. The fraction of sp³-hybridized carbons (Fsp3) is 0.462. The minimum absolute atomic E-state index is 0.144. The fourth-order valence-corrected chi connectivity index (χ4v) is 2.44. The zero-order chi connectivity index (χ0) is 12.3. The average Bonchev–Trinajstić information content (AvgIpc) is 2.66. The normalized spacial score (nSPS) is 21.9. The van der Waals surface area contributed by atoms with Gasteiger partial charge in [0.05, 0.1) is 6.10 Å². The maximum Gasteiger partial charge on any atom is 0.223 e. The van der Waals surface area contributed by atoms with E-state index in [4.69, 9.17) is 0 Å². The Morgan fingerprint density at radius 3 is 2.71 bits per heavy atom. The summed E-state index contributed by atoms with van der Waals surface area (Å²) in [4.78, 5) is 13.3. The first-order chi connectivity index (χ1) is 8.16. The van der Waals surface area contributed by atoms with Crippen LogP contribution in [0.2, 0.25) is 0 Å². The maximum atomic E-state index is 11.5. The van der Waals surface area contributed by atoms with E-state index in [-0.39, 0.29) is 11.2 Å². The number of aliphatic hydroxyl groups is 1. The first-order valence-corrected chi connectivity index (χ1v) is 6.37. The van der Waals surface area contributed by atoms with Crippen LogP contribution in [0, 0.1) is 0 Å². The van der Waals surface area contributed by atoms with E-state index in [9.17, 15) is 9.90 Å². The van der Waals surface area contributed by atoms with Crippen LogP contribution in [0.5, 0.6) is 0 Å². The van der Waals surface area contributed by atoms with Crippen LogP contribution in [0.3, 0.4) is 0 Å². The van der Waals surface area contributed by atoms with Crippen molar-refractivity contribution in [1.82, 2.24) is 4.90 Å². The Kier molecular flexibility index (Phi) is 4.07. The van der Waals surface area contributed by atoms with Crippen LogP contribution < -0.4 is 0 Å². The van der Waals surface area contributed by atoms with Crippen molar-refractivity contribution in [3.05, 3.63) is 35.9 Å². The number of likely N-dealkylation sites (tertiary alicyclic amines) is 1. The van der Waals surface area contributed by atoms with E-state index in [1.807, 2.05) is 30.3 Å². The van der Waals surface area contributed by atoms with Crippen LogP contribution in [-0.2, 0) is 4.79 Å². The Morgan fingerprint density at radius 2 is 2.12 bits per heavy atom. The van der Waals surface area contributed by atoms with E-state index < -0.39 is 6.10 Å². The quantitative estimate of drug-likeness (QED) is 0.799. The lowest BCUT2D eigenvalue weighted by Crippen LogP contribution is -2.27. The van der Waals surface area contributed by atoms with E-state index in [0.29, 0.717) is 25.9 Å². The molecule has 92 valence electrons. The zero-order valence-corrected chi connectivity index (χ0v) is 10.5. The van der Waals surface area contributed by atoms with Crippen LogP contribution in [0.1, 0.15) is 24.5 Å². The third kappa shape index (κ3) is 3.23. The van der Waals surface area contributed by atoms with Gasteiger partial charge in [-0.1, -0.05) is 30.3 Å². The van der Waals surface area contributed by atoms with Gasteiger partial charge in [0, 0.05) is 24.8 Å². The van der Waals surface area contributed by atoms with Gasteiger partial charge in [0.25, 0.3) is 0 Å². The van der Waals surface area contributed by atoms with Crippen molar-refractivity contribution in [2.24, 2.45) is 0 Å². The van der Waals surface area contributed by atoms with E-state index in [1.54, 1.807) is 4.90 Å². The number of aliphatic hydroxyl groups excluding tert-OH is 1. The van der Waals surface area contributed by atoms with E-state index in [2.05, 4.69) is 12.6 Å². The van der Waals surface area contributed by atoms with Crippen molar-refractivity contribution in [3.63, 3.8) is 0 Å². The molecule has 1 heterocycles.